The molecule has 0 atom stereocenters. The van der Waals surface area contributed by atoms with E-state index in [1.165, 1.54) is 11.1 Å². The van der Waals surface area contributed by atoms with Gasteiger partial charge in [-0.3, -0.25) is 10.1 Å². The summed E-state index contributed by atoms with van der Waals surface area (Å²) >= 11 is 3.45. The molecule has 1 aliphatic heterocycles. The second-order valence-electron chi connectivity index (χ2n) is 4.91. The van der Waals surface area contributed by atoms with E-state index in [0.717, 1.165) is 4.47 Å². The minimum Gasteiger partial charge on any atom is -0.342 e. The van der Waals surface area contributed by atoms with Crippen LogP contribution in [-0.2, 0) is 20.1 Å². The Hall–Kier alpha value is -1.89. The first-order chi connectivity index (χ1) is 9.47. The van der Waals surface area contributed by atoms with Gasteiger partial charge in [-0.15, -0.1) is 0 Å². The zero-order chi connectivity index (χ0) is 14.4. The number of rotatable bonds is 2. The maximum Gasteiger partial charge on any atom is 0.333 e. The highest BCUT2D eigenvalue weighted by Gasteiger charge is 2.31. The predicted molar refractivity (Wildman–Crippen MR) is 78.6 cm³/mol. The molecule has 0 spiro atoms. The molecular weight excluding hydrogens is 324 g/mol. The smallest absolute Gasteiger partial charge is 0.333 e. The maximum absolute atomic E-state index is 11.3. The van der Waals surface area contributed by atoms with Gasteiger partial charge in [0.2, 0.25) is 5.82 Å². The lowest BCUT2D eigenvalue weighted by atomic mass is 10.1. The van der Waals surface area contributed by atoms with Gasteiger partial charge in [0.1, 0.15) is 5.69 Å². The van der Waals surface area contributed by atoms with Crippen LogP contribution < -0.4 is 4.90 Å². The second kappa shape index (κ2) is 4.59. The molecule has 20 heavy (non-hydrogen) atoms. The third-order valence-electron chi connectivity index (χ3n) is 3.53. The molecule has 0 unspecified atom stereocenters. The van der Waals surface area contributed by atoms with Crippen molar-refractivity contribution in [3.63, 3.8) is 0 Å². The summed E-state index contributed by atoms with van der Waals surface area (Å²) < 4.78 is 2.61. The van der Waals surface area contributed by atoms with Crippen LogP contribution in [0.3, 0.4) is 0 Å². The average Bonchev–Trinajstić information content (AvgIpc) is 2.88. The number of hydrogen-bond acceptors (Lipinski definition) is 4. The van der Waals surface area contributed by atoms with Crippen molar-refractivity contribution >= 4 is 27.4 Å². The van der Waals surface area contributed by atoms with E-state index >= 15 is 0 Å². The quantitative estimate of drug-likeness (QED) is 0.624. The van der Waals surface area contributed by atoms with Crippen molar-refractivity contribution in [2.75, 3.05) is 4.90 Å². The summed E-state index contributed by atoms with van der Waals surface area (Å²) in [6.45, 7) is 3.00. The number of halogens is 1. The van der Waals surface area contributed by atoms with Crippen LogP contribution in [0, 0.1) is 17.0 Å². The Morgan fingerprint density at radius 3 is 2.75 bits per heavy atom. The lowest BCUT2D eigenvalue weighted by molar-refractivity contribution is -0.384. The largest absolute Gasteiger partial charge is 0.342 e. The first-order valence-corrected chi connectivity index (χ1v) is 6.97. The third-order valence-corrected chi connectivity index (χ3v) is 4.03. The van der Waals surface area contributed by atoms with E-state index in [1.807, 2.05) is 11.0 Å². The molecule has 1 aliphatic rings. The Balaban J connectivity index is 2.03. The lowest BCUT2D eigenvalue weighted by Gasteiger charge is -2.16. The fourth-order valence-corrected chi connectivity index (χ4v) is 3.12. The van der Waals surface area contributed by atoms with Crippen molar-refractivity contribution in [3.8, 4) is 0 Å². The third kappa shape index (κ3) is 1.98. The highest BCUT2D eigenvalue weighted by Crippen LogP contribution is 2.36. The van der Waals surface area contributed by atoms with Crippen molar-refractivity contribution in [3.05, 3.63) is 49.6 Å². The lowest BCUT2D eigenvalue weighted by Crippen LogP contribution is -2.19. The average molecular weight is 337 g/mol. The summed E-state index contributed by atoms with van der Waals surface area (Å²) in [4.78, 5) is 12.9. The van der Waals surface area contributed by atoms with Gasteiger partial charge in [-0.1, -0.05) is 22.0 Å². The standard InChI is InChI=1S/C13H13BrN4O2/c1-8-12(18(19)20)13(16(2)15-8)17-6-9-3-4-11(14)5-10(9)7-17/h3-5H,6-7H2,1-2H3. The summed E-state index contributed by atoms with van der Waals surface area (Å²) in [5, 5.41) is 15.4. The van der Waals surface area contributed by atoms with Gasteiger partial charge in [0.25, 0.3) is 0 Å². The number of aromatic nitrogens is 2. The summed E-state index contributed by atoms with van der Waals surface area (Å²) in [7, 11) is 1.74. The Labute approximate surface area is 124 Å². The van der Waals surface area contributed by atoms with Gasteiger partial charge in [0.05, 0.1) is 4.92 Å². The number of nitrogens with zero attached hydrogens (tertiary/aromatic N) is 4. The van der Waals surface area contributed by atoms with Crippen LogP contribution in [0.5, 0.6) is 0 Å². The SMILES string of the molecule is Cc1nn(C)c(N2Cc3ccc(Br)cc3C2)c1[N+](=O)[O-]. The monoisotopic (exact) mass is 336 g/mol. The van der Waals surface area contributed by atoms with Gasteiger partial charge in [-0.2, -0.15) is 5.10 Å². The number of aryl methyl sites for hydroxylation is 2. The Morgan fingerprint density at radius 2 is 2.05 bits per heavy atom. The van der Waals surface area contributed by atoms with Crippen LogP contribution >= 0.6 is 15.9 Å². The van der Waals surface area contributed by atoms with Gasteiger partial charge < -0.3 is 4.90 Å². The summed E-state index contributed by atoms with van der Waals surface area (Å²) in [6.07, 6.45) is 0. The van der Waals surface area contributed by atoms with Gasteiger partial charge in [-0.25, -0.2) is 4.68 Å². The van der Waals surface area contributed by atoms with Gasteiger partial charge in [0, 0.05) is 24.6 Å². The van der Waals surface area contributed by atoms with Crippen molar-refractivity contribution in [1.82, 2.24) is 9.78 Å². The number of hydrogen-bond donors (Lipinski definition) is 0. The molecule has 0 saturated heterocycles. The molecule has 2 heterocycles. The normalized spacial score (nSPS) is 13.7. The first kappa shape index (κ1) is 13.1. The van der Waals surface area contributed by atoms with Crippen molar-refractivity contribution in [1.29, 1.82) is 0 Å². The van der Waals surface area contributed by atoms with Crippen LogP contribution in [-0.4, -0.2) is 14.7 Å². The minimum absolute atomic E-state index is 0.0966. The highest BCUT2D eigenvalue weighted by molar-refractivity contribution is 9.10. The van der Waals surface area contributed by atoms with Crippen LogP contribution in [0.15, 0.2) is 22.7 Å². The summed E-state index contributed by atoms with van der Waals surface area (Å²) in [5.74, 6) is 0.569. The maximum atomic E-state index is 11.3. The highest BCUT2D eigenvalue weighted by atomic mass is 79.9. The molecule has 0 fully saturated rings. The molecule has 6 nitrogen and oxygen atoms in total. The Bertz CT molecular complexity index is 711. The minimum atomic E-state index is -0.351. The van der Waals surface area contributed by atoms with Crippen molar-refractivity contribution < 1.29 is 4.92 Å². The molecule has 0 saturated carbocycles. The van der Waals surface area contributed by atoms with E-state index in [4.69, 9.17) is 0 Å². The van der Waals surface area contributed by atoms with E-state index in [1.54, 1.807) is 18.7 Å². The predicted octanol–water partition coefficient (Wildman–Crippen LogP) is 2.92. The number of benzene rings is 1. The zero-order valence-corrected chi connectivity index (χ0v) is 12.7. The topological polar surface area (TPSA) is 64.2 Å². The molecule has 104 valence electrons. The van der Waals surface area contributed by atoms with Gasteiger partial charge in [0.15, 0.2) is 0 Å². The summed E-state index contributed by atoms with van der Waals surface area (Å²) in [5.41, 5.74) is 2.93. The van der Waals surface area contributed by atoms with Crippen LogP contribution in [0.4, 0.5) is 11.5 Å². The molecule has 1 aromatic heterocycles. The number of fused-ring (bicyclic) bond motifs is 1. The van der Waals surface area contributed by atoms with Gasteiger partial charge in [-0.05, 0) is 30.2 Å². The first-order valence-electron chi connectivity index (χ1n) is 6.17. The molecule has 1 aromatic carbocycles. The van der Waals surface area contributed by atoms with E-state index in [2.05, 4.69) is 33.2 Å². The van der Waals surface area contributed by atoms with E-state index < -0.39 is 0 Å². The van der Waals surface area contributed by atoms with Crippen LogP contribution in [0.25, 0.3) is 0 Å². The summed E-state index contributed by atoms with van der Waals surface area (Å²) in [6, 6.07) is 6.10. The molecule has 0 amide bonds. The van der Waals surface area contributed by atoms with Crippen molar-refractivity contribution in [2.24, 2.45) is 7.05 Å². The van der Waals surface area contributed by atoms with Crippen LogP contribution in [0.1, 0.15) is 16.8 Å². The second-order valence-corrected chi connectivity index (χ2v) is 5.82. The molecule has 3 rings (SSSR count). The van der Waals surface area contributed by atoms with Crippen LogP contribution in [0.2, 0.25) is 0 Å². The van der Waals surface area contributed by atoms with E-state index in [9.17, 15) is 10.1 Å². The molecular formula is C13H13BrN4O2. The Kier molecular flexibility index (Phi) is 3.01. The van der Waals surface area contributed by atoms with E-state index in [-0.39, 0.29) is 10.6 Å². The zero-order valence-electron chi connectivity index (χ0n) is 11.1. The fraction of sp³-hybridized carbons (Fsp3) is 0.308. The number of nitro groups is 1. The van der Waals surface area contributed by atoms with Gasteiger partial charge >= 0.3 is 5.69 Å². The van der Waals surface area contributed by atoms with E-state index in [0.29, 0.717) is 24.6 Å². The Morgan fingerprint density at radius 1 is 1.35 bits per heavy atom. The molecule has 0 N–H and O–H groups in total. The molecule has 2 aromatic rings. The number of anilines is 1. The fourth-order valence-electron chi connectivity index (χ4n) is 2.72. The molecule has 0 aliphatic carbocycles. The van der Waals surface area contributed by atoms with Crippen molar-refractivity contribution in [2.45, 2.75) is 20.0 Å². The molecule has 7 heteroatoms. The molecule has 0 bridgehead atoms. The molecule has 0 radical (unpaired) electrons.